The van der Waals surface area contributed by atoms with Crippen LogP contribution in [0.2, 0.25) is 0 Å². The van der Waals surface area contributed by atoms with Crippen molar-refractivity contribution in [2.24, 2.45) is 7.05 Å². The van der Waals surface area contributed by atoms with E-state index < -0.39 is 0 Å². The van der Waals surface area contributed by atoms with E-state index in [9.17, 15) is 4.79 Å². The fourth-order valence-corrected chi connectivity index (χ4v) is 3.14. The summed E-state index contributed by atoms with van der Waals surface area (Å²) in [4.78, 5) is 27.5. The van der Waals surface area contributed by atoms with Gasteiger partial charge in [-0.25, -0.2) is 15.0 Å². The van der Waals surface area contributed by atoms with Crippen LogP contribution in [0.1, 0.15) is 37.4 Å². The number of aromatic nitrogens is 4. The average Bonchev–Trinajstić information content (AvgIpc) is 3.44. The molecule has 0 bridgehead atoms. The van der Waals surface area contributed by atoms with E-state index in [0.717, 1.165) is 37.6 Å². The Hall–Kier alpha value is -2.44. The highest BCUT2D eigenvalue weighted by molar-refractivity contribution is 5.39. The molecule has 4 rings (SSSR count). The standard InChI is InChI=1S/C17H22N6O/c1-22-11-8-19-16(17(22)24)23-9-5-13(6-10-23)20-14-4-7-18-15(21-14)12-2-3-12/h4,7-8,11-13H,2-3,5-6,9-10H2,1H3,(H,18,20,21). The van der Waals surface area contributed by atoms with Crippen molar-refractivity contribution in [1.82, 2.24) is 19.5 Å². The number of nitrogens with zero attached hydrogens (tertiary/aromatic N) is 5. The largest absolute Gasteiger partial charge is 0.367 e. The summed E-state index contributed by atoms with van der Waals surface area (Å²) < 4.78 is 1.58. The molecule has 0 atom stereocenters. The zero-order valence-corrected chi connectivity index (χ0v) is 13.9. The maximum absolute atomic E-state index is 12.2. The highest BCUT2D eigenvalue weighted by Gasteiger charge is 2.27. The Kier molecular flexibility index (Phi) is 3.92. The summed E-state index contributed by atoms with van der Waals surface area (Å²) in [5.74, 6) is 3.00. The van der Waals surface area contributed by atoms with E-state index in [4.69, 9.17) is 0 Å². The van der Waals surface area contributed by atoms with Gasteiger partial charge < -0.3 is 14.8 Å². The lowest BCUT2D eigenvalue weighted by Crippen LogP contribution is -2.42. The van der Waals surface area contributed by atoms with E-state index >= 15 is 0 Å². The lowest BCUT2D eigenvalue weighted by molar-refractivity contribution is 0.519. The molecule has 1 N–H and O–H groups in total. The Bertz CT molecular complexity index is 777. The molecule has 7 heteroatoms. The fraction of sp³-hybridized carbons (Fsp3) is 0.529. The van der Waals surface area contributed by atoms with Crippen LogP contribution in [0.25, 0.3) is 0 Å². The summed E-state index contributed by atoms with van der Waals surface area (Å²) in [5.41, 5.74) is -0.0335. The van der Waals surface area contributed by atoms with Crippen LogP contribution in [0.4, 0.5) is 11.6 Å². The molecule has 2 aliphatic rings. The maximum Gasteiger partial charge on any atom is 0.293 e. The predicted molar refractivity (Wildman–Crippen MR) is 92.3 cm³/mol. The Labute approximate surface area is 140 Å². The number of piperidine rings is 1. The van der Waals surface area contributed by atoms with Gasteiger partial charge in [-0.1, -0.05) is 0 Å². The van der Waals surface area contributed by atoms with Crippen LogP contribution in [0.3, 0.4) is 0 Å². The zero-order valence-electron chi connectivity index (χ0n) is 13.9. The molecule has 3 heterocycles. The smallest absolute Gasteiger partial charge is 0.293 e. The Morgan fingerprint density at radius 3 is 2.67 bits per heavy atom. The highest BCUT2D eigenvalue weighted by atomic mass is 16.1. The van der Waals surface area contributed by atoms with Gasteiger partial charge in [0.2, 0.25) is 0 Å². The van der Waals surface area contributed by atoms with Crippen molar-refractivity contribution < 1.29 is 0 Å². The Morgan fingerprint density at radius 2 is 1.92 bits per heavy atom. The summed E-state index contributed by atoms with van der Waals surface area (Å²) in [6.45, 7) is 1.65. The Morgan fingerprint density at radius 1 is 1.12 bits per heavy atom. The highest BCUT2D eigenvalue weighted by Crippen LogP contribution is 2.38. The molecular formula is C17H22N6O. The minimum Gasteiger partial charge on any atom is -0.367 e. The first-order valence-corrected chi connectivity index (χ1v) is 8.57. The molecule has 2 aromatic heterocycles. The first-order valence-electron chi connectivity index (χ1n) is 8.57. The minimum absolute atomic E-state index is 0.0335. The van der Waals surface area contributed by atoms with E-state index in [-0.39, 0.29) is 5.56 Å². The number of aryl methyl sites for hydroxylation is 1. The number of nitrogens with one attached hydrogen (secondary N) is 1. The van der Waals surface area contributed by atoms with Crippen molar-refractivity contribution in [1.29, 1.82) is 0 Å². The van der Waals surface area contributed by atoms with Crippen molar-refractivity contribution in [3.05, 3.63) is 40.8 Å². The third kappa shape index (κ3) is 3.11. The SMILES string of the molecule is Cn1ccnc(N2CCC(Nc3ccnc(C4CC4)n3)CC2)c1=O. The van der Waals surface area contributed by atoms with E-state index in [1.54, 1.807) is 24.0 Å². The van der Waals surface area contributed by atoms with Gasteiger partial charge in [-0.3, -0.25) is 4.79 Å². The van der Waals surface area contributed by atoms with Gasteiger partial charge in [0.15, 0.2) is 5.82 Å². The topological polar surface area (TPSA) is 75.9 Å². The summed E-state index contributed by atoms with van der Waals surface area (Å²) >= 11 is 0. The first-order chi connectivity index (χ1) is 11.7. The summed E-state index contributed by atoms with van der Waals surface area (Å²) in [5, 5.41) is 3.52. The van der Waals surface area contributed by atoms with Gasteiger partial charge in [0.05, 0.1) is 0 Å². The molecule has 2 aromatic rings. The normalized spacial score (nSPS) is 18.6. The molecule has 24 heavy (non-hydrogen) atoms. The average molecular weight is 326 g/mol. The summed E-state index contributed by atoms with van der Waals surface area (Å²) in [7, 11) is 1.76. The van der Waals surface area contributed by atoms with Gasteiger partial charge in [-0.2, -0.15) is 0 Å². The van der Waals surface area contributed by atoms with Gasteiger partial charge in [0, 0.05) is 50.7 Å². The van der Waals surface area contributed by atoms with Crippen LogP contribution < -0.4 is 15.8 Å². The lowest BCUT2D eigenvalue weighted by Gasteiger charge is -2.33. The molecule has 1 saturated heterocycles. The van der Waals surface area contributed by atoms with Crippen molar-refractivity contribution >= 4 is 11.6 Å². The monoisotopic (exact) mass is 326 g/mol. The minimum atomic E-state index is -0.0335. The van der Waals surface area contributed by atoms with Gasteiger partial charge >= 0.3 is 0 Å². The molecule has 0 unspecified atom stereocenters. The first kappa shape index (κ1) is 15.1. The van der Waals surface area contributed by atoms with Crippen LogP contribution >= 0.6 is 0 Å². The third-order valence-corrected chi connectivity index (χ3v) is 4.76. The van der Waals surface area contributed by atoms with Crippen LogP contribution in [0.5, 0.6) is 0 Å². The molecule has 1 aliphatic heterocycles. The number of hydrogen-bond acceptors (Lipinski definition) is 6. The maximum atomic E-state index is 12.2. The number of anilines is 2. The Balaban J connectivity index is 1.38. The van der Waals surface area contributed by atoms with E-state index in [1.807, 2.05) is 12.3 Å². The van der Waals surface area contributed by atoms with Crippen LogP contribution in [-0.4, -0.2) is 38.7 Å². The quantitative estimate of drug-likeness (QED) is 0.918. The molecule has 7 nitrogen and oxygen atoms in total. The molecule has 126 valence electrons. The fourth-order valence-electron chi connectivity index (χ4n) is 3.14. The van der Waals surface area contributed by atoms with Gasteiger partial charge in [-0.15, -0.1) is 0 Å². The van der Waals surface area contributed by atoms with Gasteiger partial charge in [0.25, 0.3) is 5.56 Å². The van der Waals surface area contributed by atoms with Gasteiger partial charge in [-0.05, 0) is 31.7 Å². The third-order valence-electron chi connectivity index (χ3n) is 4.76. The predicted octanol–water partition coefficient (Wildman–Crippen LogP) is 1.53. The molecule has 0 spiro atoms. The van der Waals surface area contributed by atoms with Crippen molar-refractivity contribution in [3.63, 3.8) is 0 Å². The van der Waals surface area contributed by atoms with Crippen molar-refractivity contribution in [2.45, 2.75) is 37.6 Å². The lowest BCUT2D eigenvalue weighted by atomic mass is 10.1. The second-order valence-electron chi connectivity index (χ2n) is 6.65. The molecule has 1 saturated carbocycles. The summed E-state index contributed by atoms with van der Waals surface area (Å²) in [6.07, 6.45) is 9.55. The zero-order chi connectivity index (χ0) is 16.5. The van der Waals surface area contributed by atoms with Gasteiger partial charge in [0.1, 0.15) is 11.6 Å². The second-order valence-corrected chi connectivity index (χ2v) is 6.65. The molecule has 0 amide bonds. The second kappa shape index (κ2) is 6.22. The van der Waals surface area contributed by atoms with Crippen molar-refractivity contribution in [2.75, 3.05) is 23.3 Å². The van der Waals surface area contributed by atoms with Crippen molar-refractivity contribution in [3.8, 4) is 0 Å². The molecule has 2 fully saturated rings. The van der Waals surface area contributed by atoms with Crippen LogP contribution in [0.15, 0.2) is 29.5 Å². The van der Waals surface area contributed by atoms with E-state index in [2.05, 4.69) is 25.2 Å². The number of rotatable bonds is 4. The number of hydrogen-bond donors (Lipinski definition) is 1. The molecule has 0 aromatic carbocycles. The summed E-state index contributed by atoms with van der Waals surface area (Å²) in [6, 6.07) is 2.31. The molecule has 0 radical (unpaired) electrons. The van der Waals surface area contributed by atoms with Crippen LogP contribution in [-0.2, 0) is 7.05 Å². The van der Waals surface area contributed by atoms with E-state index in [0.29, 0.717) is 17.8 Å². The molecule has 1 aliphatic carbocycles. The van der Waals surface area contributed by atoms with E-state index in [1.165, 1.54) is 12.8 Å². The molecular weight excluding hydrogens is 304 g/mol. The van der Waals surface area contributed by atoms with Crippen LogP contribution in [0, 0.1) is 0 Å².